The molecule has 0 aromatic heterocycles. The minimum absolute atomic E-state index is 0.516. The fourth-order valence-electron chi connectivity index (χ4n) is 1.69. The second-order valence-corrected chi connectivity index (χ2v) is 5.05. The van der Waals surface area contributed by atoms with E-state index in [0.717, 1.165) is 27.8 Å². The highest BCUT2D eigenvalue weighted by Crippen LogP contribution is 2.42. The van der Waals surface area contributed by atoms with E-state index in [1.54, 1.807) is 0 Å². The quantitative estimate of drug-likeness (QED) is 0.801. The van der Waals surface area contributed by atoms with Crippen LogP contribution in [0.4, 0.5) is 0 Å². The number of benzene rings is 1. The average molecular weight is 285 g/mol. The molecule has 0 atom stereocenters. The van der Waals surface area contributed by atoms with Crippen LogP contribution >= 0.6 is 15.9 Å². The molecule has 2 rings (SSSR count). The van der Waals surface area contributed by atoms with E-state index in [1.165, 1.54) is 0 Å². The van der Waals surface area contributed by atoms with Crippen molar-refractivity contribution in [2.45, 2.75) is 32.5 Å². The van der Waals surface area contributed by atoms with Crippen LogP contribution in [-0.2, 0) is 11.2 Å². The molecule has 0 saturated heterocycles. The zero-order chi connectivity index (χ0) is 11.8. The van der Waals surface area contributed by atoms with E-state index in [9.17, 15) is 4.79 Å². The van der Waals surface area contributed by atoms with Crippen LogP contribution in [0.2, 0.25) is 0 Å². The number of ether oxygens (including phenoxy) is 2. The summed E-state index contributed by atoms with van der Waals surface area (Å²) < 4.78 is 12.2. The third-order valence-corrected chi connectivity index (χ3v) is 3.09. The molecule has 0 unspecified atom stereocenters. The Bertz CT molecular complexity index is 427. The standard InChI is InChI=1S/C12H13BrO3/c1-12(2)15-10-6-8(4-3-5-14)9(13)7-11(10)16-12/h5-7H,3-4H2,1-2H3. The molecule has 3 nitrogen and oxygen atoms in total. The third-order valence-electron chi connectivity index (χ3n) is 2.36. The zero-order valence-corrected chi connectivity index (χ0v) is 10.8. The van der Waals surface area contributed by atoms with Crippen molar-refractivity contribution in [3.05, 3.63) is 22.2 Å². The summed E-state index contributed by atoms with van der Waals surface area (Å²) in [4.78, 5) is 10.4. The smallest absolute Gasteiger partial charge is 0.246 e. The first-order valence-electron chi connectivity index (χ1n) is 5.16. The first-order valence-corrected chi connectivity index (χ1v) is 5.95. The Hall–Kier alpha value is -1.03. The number of carbonyl (C=O) groups excluding carboxylic acids is 1. The zero-order valence-electron chi connectivity index (χ0n) is 9.25. The van der Waals surface area contributed by atoms with Crippen LogP contribution in [-0.4, -0.2) is 12.1 Å². The molecule has 0 fully saturated rings. The highest BCUT2D eigenvalue weighted by Gasteiger charge is 2.32. The highest BCUT2D eigenvalue weighted by atomic mass is 79.9. The van der Waals surface area contributed by atoms with Gasteiger partial charge in [0.05, 0.1) is 0 Å². The van der Waals surface area contributed by atoms with Crippen molar-refractivity contribution in [2.24, 2.45) is 0 Å². The summed E-state index contributed by atoms with van der Waals surface area (Å²) in [5, 5.41) is 0. The Morgan fingerprint density at radius 1 is 1.31 bits per heavy atom. The van der Waals surface area contributed by atoms with Gasteiger partial charge >= 0.3 is 0 Å². The van der Waals surface area contributed by atoms with Crippen LogP contribution in [0.15, 0.2) is 16.6 Å². The Balaban J connectivity index is 2.29. The predicted molar refractivity (Wildman–Crippen MR) is 63.9 cm³/mol. The molecule has 1 aliphatic rings. The molecule has 16 heavy (non-hydrogen) atoms. The van der Waals surface area contributed by atoms with Crippen molar-refractivity contribution in [3.8, 4) is 11.5 Å². The SMILES string of the molecule is CC1(C)Oc2cc(Br)c(CCC=O)cc2O1. The molecular weight excluding hydrogens is 272 g/mol. The van der Waals surface area contributed by atoms with Gasteiger partial charge in [-0.1, -0.05) is 15.9 Å². The van der Waals surface area contributed by atoms with E-state index in [-0.39, 0.29) is 0 Å². The van der Waals surface area contributed by atoms with E-state index in [2.05, 4.69) is 15.9 Å². The van der Waals surface area contributed by atoms with Gasteiger partial charge in [-0.3, -0.25) is 0 Å². The number of aldehydes is 1. The van der Waals surface area contributed by atoms with Crippen molar-refractivity contribution in [1.82, 2.24) is 0 Å². The molecule has 0 N–H and O–H groups in total. The summed E-state index contributed by atoms with van der Waals surface area (Å²) >= 11 is 3.47. The first kappa shape index (κ1) is 11.5. The van der Waals surface area contributed by atoms with E-state index in [0.29, 0.717) is 12.8 Å². The van der Waals surface area contributed by atoms with Crippen molar-refractivity contribution in [1.29, 1.82) is 0 Å². The first-order chi connectivity index (χ1) is 7.52. The van der Waals surface area contributed by atoms with Crippen molar-refractivity contribution in [3.63, 3.8) is 0 Å². The summed E-state index contributed by atoms with van der Waals surface area (Å²) in [6.45, 7) is 3.73. The lowest BCUT2D eigenvalue weighted by atomic mass is 10.1. The monoisotopic (exact) mass is 284 g/mol. The highest BCUT2D eigenvalue weighted by molar-refractivity contribution is 9.10. The number of rotatable bonds is 3. The van der Waals surface area contributed by atoms with Gasteiger partial charge in [0.25, 0.3) is 0 Å². The van der Waals surface area contributed by atoms with Crippen molar-refractivity contribution in [2.75, 3.05) is 0 Å². The predicted octanol–water partition coefficient (Wildman–Crippen LogP) is 3.09. The minimum atomic E-state index is -0.606. The number of aryl methyl sites for hydroxylation is 1. The summed E-state index contributed by atoms with van der Waals surface area (Å²) in [6.07, 6.45) is 2.14. The normalized spacial score (nSPS) is 16.2. The summed E-state index contributed by atoms with van der Waals surface area (Å²) in [5.41, 5.74) is 1.06. The molecule has 1 aromatic rings. The Morgan fingerprint density at radius 2 is 1.94 bits per heavy atom. The van der Waals surface area contributed by atoms with Crippen LogP contribution in [0, 0.1) is 0 Å². The molecule has 0 amide bonds. The lowest BCUT2D eigenvalue weighted by Gasteiger charge is -2.16. The molecule has 1 heterocycles. The average Bonchev–Trinajstić information content (AvgIpc) is 2.47. The maximum Gasteiger partial charge on any atom is 0.246 e. The molecule has 0 spiro atoms. The number of hydrogen-bond donors (Lipinski definition) is 0. The van der Waals surface area contributed by atoms with Crippen molar-refractivity contribution >= 4 is 22.2 Å². The van der Waals surface area contributed by atoms with Gasteiger partial charge < -0.3 is 14.3 Å². The molecular formula is C12H13BrO3. The van der Waals surface area contributed by atoms with Crippen LogP contribution in [0.1, 0.15) is 25.8 Å². The second-order valence-electron chi connectivity index (χ2n) is 4.20. The molecule has 1 aliphatic heterocycles. The molecule has 0 aliphatic carbocycles. The molecule has 86 valence electrons. The second kappa shape index (κ2) is 4.09. The van der Waals surface area contributed by atoms with Crippen LogP contribution < -0.4 is 9.47 Å². The maximum atomic E-state index is 10.4. The van der Waals surface area contributed by atoms with Gasteiger partial charge in [-0.25, -0.2) is 0 Å². The molecule has 0 saturated carbocycles. The summed E-state index contributed by atoms with van der Waals surface area (Å²) in [7, 11) is 0. The summed E-state index contributed by atoms with van der Waals surface area (Å²) in [5.74, 6) is 0.881. The molecule has 4 heteroatoms. The van der Waals surface area contributed by atoms with Crippen LogP contribution in [0.25, 0.3) is 0 Å². The van der Waals surface area contributed by atoms with Gasteiger partial charge in [-0.05, 0) is 24.1 Å². The van der Waals surface area contributed by atoms with Gasteiger partial charge in [0.15, 0.2) is 11.5 Å². The van der Waals surface area contributed by atoms with E-state index in [4.69, 9.17) is 9.47 Å². The Morgan fingerprint density at radius 3 is 2.56 bits per heavy atom. The largest absolute Gasteiger partial charge is 0.449 e. The van der Waals surface area contributed by atoms with E-state index >= 15 is 0 Å². The summed E-state index contributed by atoms with van der Waals surface area (Å²) in [6, 6.07) is 3.82. The lowest BCUT2D eigenvalue weighted by molar-refractivity contribution is -0.107. The van der Waals surface area contributed by atoms with E-state index < -0.39 is 5.79 Å². The lowest BCUT2D eigenvalue weighted by Crippen LogP contribution is -2.29. The maximum absolute atomic E-state index is 10.4. The molecule has 1 aromatic carbocycles. The topological polar surface area (TPSA) is 35.5 Å². The number of halogens is 1. The van der Waals surface area contributed by atoms with Crippen molar-refractivity contribution < 1.29 is 14.3 Å². The minimum Gasteiger partial charge on any atom is -0.449 e. The fraction of sp³-hybridized carbons (Fsp3) is 0.417. The number of fused-ring (bicyclic) bond motifs is 1. The fourth-order valence-corrected chi connectivity index (χ4v) is 2.21. The molecule has 0 bridgehead atoms. The third kappa shape index (κ3) is 2.21. The number of carbonyl (C=O) groups is 1. The van der Waals surface area contributed by atoms with Gasteiger partial charge in [0, 0.05) is 24.7 Å². The Kier molecular flexibility index (Phi) is 2.93. The van der Waals surface area contributed by atoms with Gasteiger partial charge in [-0.15, -0.1) is 0 Å². The van der Waals surface area contributed by atoms with Gasteiger partial charge in [0.2, 0.25) is 5.79 Å². The van der Waals surface area contributed by atoms with Gasteiger partial charge in [-0.2, -0.15) is 0 Å². The van der Waals surface area contributed by atoms with Gasteiger partial charge in [0.1, 0.15) is 6.29 Å². The number of hydrogen-bond acceptors (Lipinski definition) is 3. The van der Waals surface area contributed by atoms with Crippen LogP contribution in [0.3, 0.4) is 0 Å². The van der Waals surface area contributed by atoms with E-state index in [1.807, 2.05) is 26.0 Å². The Labute approximate surface area is 103 Å². The van der Waals surface area contributed by atoms with Crippen LogP contribution in [0.5, 0.6) is 11.5 Å². The molecule has 0 radical (unpaired) electrons.